The van der Waals surface area contributed by atoms with E-state index in [9.17, 15) is 0 Å². The third kappa shape index (κ3) is 2.10. The minimum absolute atomic E-state index is 1.17. The summed E-state index contributed by atoms with van der Waals surface area (Å²) in [4.78, 5) is 6.39. The summed E-state index contributed by atoms with van der Waals surface area (Å²) in [7, 11) is 2.20. The SMILES string of the molecule is CCc1cc(N2CCN(C)CC2)cs1. The van der Waals surface area contributed by atoms with Crippen molar-refractivity contribution in [3.63, 3.8) is 0 Å². The molecule has 0 aliphatic carbocycles. The van der Waals surface area contributed by atoms with E-state index < -0.39 is 0 Å². The normalized spacial score (nSPS) is 18.9. The standard InChI is InChI=1S/C11H18N2S/c1-3-11-8-10(9-14-11)13-6-4-12(2)5-7-13/h8-9H,3-7H2,1-2H3. The highest BCUT2D eigenvalue weighted by atomic mass is 32.1. The van der Waals surface area contributed by atoms with Crippen LogP contribution in [0.5, 0.6) is 0 Å². The second-order valence-electron chi connectivity index (χ2n) is 3.92. The van der Waals surface area contributed by atoms with E-state index >= 15 is 0 Å². The van der Waals surface area contributed by atoms with Crippen LogP contribution in [-0.2, 0) is 6.42 Å². The Morgan fingerprint density at radius 3 is 2.57 bits per heavy atom. The molecule has 0 atom stereocenters. The molecule has 3 heteroatoms. The molecule has 78 valence electrons. The van der Waals surface area contributed by atoms with E-state index in [0.29, 0.717) is 0 Å². The van der Waals surface area contributed by atoms with E-state index in [1.807, 2.05) is 11.3 Å². The Morgan fingerprint density at radius 2 is 2.00 bits per heavy atom. The van der Waals surface area contributed by atoms with Crippen LogP contribution < -0.4 is 4.90 Å². The molecule has 0 spiro atoms. The van der Waals surface area contributed by atoms with Crippen LogP contribution in [0.4, 0.5) is 5.69 Å². The molecule has 2 heterocycles. The van der Waals surface area contributed by atoms with Crippen molar-refractivity contribution in [3.8, 4) is 0 Å². The lowest BCUT2D eigenvalue weighted by Gasteiger charge is -2.33. The van der Waals surface area contributed by atoms with Crippen LogP contribution in [-0.4, -0.2) is 38.1 Å². The van der Waals surface area contributed by atoms with Crippen molar-refractivity contribution < 1.29 is 0 Å². The quantitative estimate of drug-likeness (QED) is 0.737. The first-order valence-corrected chi connectivity index (χ1v) is 6.18. The predicted molar refractivity (Wildman–Crippen MR) is 63.4 cm³/mol. The van der Waals surface area contributed by atoms with Crippen molar-refractivity contribution >= 4 is 17.0 Å². The number of rotatable bonds is 2. The van der Waals surface area contributed by atoms with Gasteiger partial charge in [0.05, 0.1) is 0 Å². The lowest BCUT2D eigenvalue weighted by molar-refractivity contribution is 0.313. The molecule has 1 aromatic rings. The van der Waals surface area contributed by atoms with Gasteiger partial charge in [-0.3, -0.25) is 0 Å². The fraction of sp³-hybridized carbons (Fsp3) is 0.636. The molecule has 0 saturated carbocycles. The zero-order valence-corrected chi connectivity index (χ0v) is 9.81. The zero-order chi connectivity index (χ0) is 9.97. The van der Waals surface area contributed by atoms with Gasteiger partial charge < -0.3 is 9.80 Å². The fourth-order valence-electron chi connectivity index (χ4n) is 1.78. The summed E-state index contributed by atoms with van der Waals surface area (Å²) in [6.07, 6.45) is 1.17. The third-order valence-electron chi connectivity index (χ3n) is 2.86. The second kappa shape index (κ2) is 4.32. The number of hydrogen-bond donors (Lipinski definition) is 0. The summed E-state index contributed by atoms with van der Waals surface area (Å²) in [5.41, 5.74) is 1.43. The van der Waals surface area contributed by atoms with Gasteiger partial charge in [-0.2, -0.15) is 0 Å². The van der Waals surface area contributed by atoms with Gasteiger partial charge in [0.2, 0.25) is 0 Å². The van der Waals surface area contributed by atoms with Crippen LogP contribution in [0.2, 0.25) is 0 Å². The summed E-state index contributed by atoms with van der Waals surface area (Å²) in [6.45, 7) is 6.96. The van der Waals surface area contributed by atoms with E-state index in [-0.39, 0.29) is 0 Å². The Bertz CT molecular complexity index is 287. The number of thiophene rings is 1. The van der Waals surface area contributed by atoms with Gasteiger partial charge in [-0.05, 0) is 19.5 Å². The Balaban J connectivity index is 2.01. The summed E-state index contributed by atoms with van der Waals surface area (Å²) in [5.74, 6) is 0. The van der Waals surface area contributed by atoms with Gasteiger partial charge in [-0.25, -0.2) is 0 Å². The largest absolute Gasteiger partial charge is 0.368 e. The van der Waals surface area contributed by atoms with Crippen LogP contribution in [0.25, 0.3) is 0 Å². The molecule has 1 saturated heterocycles. The van der Waals surface area contributed by atoms with Gasteiger partial charge in [0.15, 0.2) is 0 Å². The van der Waals surface area contributed by atoms with Gasteiger partial charge >= 0.3 is 0 Å². The highest BCUT2D eigenvalue weighted by molar-refractivity contribution is 7.10. The number of piperazine rings is 1. The van der Waals surface area contributed by atoms with E-state index in [1.165, 1.54) is 43.2 Å². The average Bonchev–Trinajstić information content (AvgIpc) is 2.67. The van der Waals surface area contributed by atoms with Gasteiger partial charge in [-0.15, -0.1) is 11.3 Å². The van der Waals surface area contributed by atoms with Crippen molar-refractivity contribution in [3.05, 3.63) is 16.3 Å². The van der Waals surface area contributed by atoms with Crippen molar-refractivity contribution in [2.75, 3.05) is 38.1 Å². The maximum atomic E-state index is 2.50. The van der Waals surface area contributed by atoms with Crippen molar-refractivity contribution in [2.24, 2.45) is 0 Å². The first-order chi connectivity index (χ1) is 6.79. The monoisotopic (exact) mass is 210 g/mol. The second-order valence-corrected chi connectivity index (χ2v) is 4.91. The molecular weight excluding hydrogens is 192 g/mol. The molecule has 1 fully saturated rings. The number of anilines is 1. The van der Waals surface area contributed by atoms with Gasteiger partial charge in [0, 0.05) is 42.1 Å². The smallest absolute Gasteiger partial charge is 0.0478 e. The summed E-state index contributed by atoms with van der Waals surface area (Å²) >= 11 is 1.89. The lowest BCUT2D eigenvalue weighted by atomic mass is 10.3. The van der Waals surface area contributed by atoms with Gasteiger partial charge in [-0.1, -0.05) is 6.92 Å². The number of hydrogen-bond acceptors (Lipinski definition) is 3. The Labute approximate surface area is 90.1 Å². The molecule has 1 aromatic heterocycles. The average molecular weight is 210 g/mol. The van der Waals surface area contributed by atoms with Crippen LogP contribution in [0, 0.1) is 0 Å². The van der Waals surface area contributed by atoms with Crippen molar-refractivity contribution in [1.82, 2.24) is 4.90 Å². The van der Waals surface area contributed by atoms with Gasteiger partial charge in [0.1, 0.15) is 0 Å². The van der Waals surface area contributed by atoms with Crippen LogP contribution >= 0.6 is 11.3 Å². The Morgan fingerprint density at radius 1 is 1.29 bits per heavy atom. The van der Waals surface area contributed by atoms with E-state index in [4.69, 9.17) is 0 Å². The van der Waals surface area contributed by atoms with Gasteiger partial charge in [0.25, 0.3) is 0 Å². The lowest BCUT2D eigenvalue weighted by Crippen LogP contribution is -2.44. The molecule has 2 nitrogen and oxygen atoms in total. The first kappa shape index (κ1) is 9.99. The number of likely N-dealkylation sites (N-methyl/N-ethyl adjacent to an activating group) is 1. The van der Waals surface area contributed by atoms with Crippen LogP contribution in [0.3, 0.4) is 0 Å². The first-order valence-electron chi connectivity index (χ1n) is 5.30. The Hall–Kier alpha value is -0.540. The Kier molecular flexibility index (Phi) is 3.08. The van der Waals surface area contributed by atoms with Crippen molar-refractivity contribution in [1.29, 1.82) is 0 Å². The molecule has 0 radical (unpaired) electrons. The minimum atomic E-state index is 1.17. The molecule has 2 rings (SSSR count). The maximum Gasteiger partial charge on any atom is 0.0478 e. The highest BCUT2D eigenvalue weighted by Crippen LogP contribution is 2.24. The summed E-state index contributed by atoms with van der Waals surface area (Å²) in [6, 6.07) is 2.34. The number of nitrogens with zero attached hydrogens (tertiary/aromatic N) is 2. The fourth-order valence-corrected chi connectivity index (χ4v) is 2.63. The maximum absolute atomic E-state index is 2.50. The van der Waals surface area contributed by atoms with E-state index in [2.05, 4.69) is 35.2 Å². The van der Waals surface area contributed by atoms with Crippen LogP contribution in [0.1, 0.15) is 11.8 Å². The zero-order valence-electron chi connectivity index (χ0n) is 8.99. The molecule has 0 bridgehead atoms. The summed E-state index contributed by atoms with van der Waals surface area (Å²) < 4.78 is 0. The van der Waals surface area contributed by atoms with Crippen molar-refractivity contribution in [2.45, 2.75) is 13.3 Å². The highest BCUT2D eigenvalue weighted by Gasteiger charge is 2.14. The molecule has 0 amide bonds. The molecule has 1 aliphatic rings. The molecule has 1 aliphatic heterocycles. The summed E-state index contributed by atoms with van der Waals surface area (Å²) in [5, 5.41) is 2.30. The van der Waals surface area contributed by atoms with E-state index in [1.54, 1.807) is 0 Å². The molecule has 14 heavy (non-hydrogen) atoms. The van der Waals surface area contributed by atoms with E-state index in [0.717, 1.165) is 0 Å². The topological polar surface area (TPSA) is 6.48 Å². The molecular formula is C11H18N2S. The predicted octanol–water partition coefficient (Wildman–Crippen LogP) is 2.06. The molecule has 0 aromatic carbocycles. The van der Waals surface area contributed by atoms with Crippen LogP contribution in [0.15, 0.2) is 11.4 Å². The molecule has 0 unspecified atom stereocenters. The minimum Gasteiger partial charge on any atom is -0.368 e. The third-order valence-corrected chi connectivity index (χ3v) is 3.93. The molecule has 0 N–H and O–H groups in total. The number of aryl methyl sites for hydroxylation is 1.